The van der Waals surface area contributed by atoms with Crippen LogP contribution in [0.2, 0.25) is 0 Å². The summed E-state index contributed by atoms with van der Waals surface area (Å²) in [5.41, 5.74) is 2.22. The fourth-order valence-electron chi connectivity index (χ4n) is 1.40. The minimum Gasteiger partial charge on any atom is -0.261 e. The van der Waals surface area contributed by atoms with E-state index in [0.717, 1.165) is 16.3 Å². The van der Waals surface area contributed by atoms with E-state index in [1.54, 1.807) is 6.20 Å². The maximum Gasteiger partial charge on any atom is 0.142 e. The highest BCUT2D eigenvalue weighted by atomic mass is 32.1. The zero-order chi connectivity index (χ0) is 12.3. The largest absolute Gasteiger partial charge is 0.261 e. The lowest BCUT2D eigenvalue weighted by atomic mass is 10.2. The van der Waals surface area contributed by atoms with Crippen LogP contribution in [0.25, 0.3) is 0 Å². The van der Waals surface area contributed by atoms with E-state index in [1.165, 1.54) is 12.3 Å². The van der Waals surface area contributed by atoms with E-state index in [1.807, 2.05) is 31.2 Å². The molecule has 86 valence electrons. The van der Waals surface area contributed by atoms with Crippen LogP contribution in [0.5, 0.6) is 0 Å². The Morgan fingerprint density at radius 3 is 2.59 bits per heavy atom. The van der Waals surface area contributed by atoms with Gasteiger partial charge in [0.15, 0.2) is 0 Å². The van der Waals surface area contributed by atoms with Gasteiger partial charge >= 0.3 is 0 Å². The van der Waals surface area contributed by atoms with E-state index in [0.29, 0.717) is 5.56 Å². The number of benzene rings is 1. The van der Waals surface area contributed by atoms with Crippen molar-refractivity contribution in [3.63, 3.8) is 0 Å². The molecule has 0 spiro atoms. The molecule has 2 rings (SSSR count). The molecule has 0 saturated carbocycles. The van der Waals surface area contributed by atoms with Crippen molar-refractivity contribution in [1.82, 2.24) is 4.98 Å². The molecule has 1 aromatic heterocycles. The molecule has 0 atom stereocenters. The van der Waals surface area contributed by atoms with Crippen LogP contribution in [0.15, 0.2) is 52.6 Å². The Kier molecular flexibility index (Phi) is 3.54. The number of hydrogen-bond acceptors (Lipinski definition) is 3. The van der Waals surface area contributed by atoms with Crippen molar-refractivity contribution >= 4 is 24.0 Å². The monoisotopic (exact) mass is 246 g/mol. The van der Waals surface area contributed by atoms with Gasteiger partial charge in [0.05, 0.1) is 11.9 Å². The van der Waals surface area contributed by atoms with Crippen LogP contribution in [-0.2, 0) is 0 Å². The highest BCUT2D eigenvalue weighted by Crippen LogP contribution is 2.16. The van der Waals surface area contributed by atoms with Crippen LogP contribution in [0.1, 0.15) is 12.5 Å². The minimum absolute atomic E-state index is 0.359. The Labute approximate surface area is 105 Å². The van der Waals surface area contributed by atoms with E-state index in [4.69, 9.17) is 0 Å². The topological polar surface area (TPSA) is 25.2 Å². The number of thiol groups is 1. The molecule has 0 fully saturated rings. The molecule has 0 unspecified atom stereocenters. The molecule has 2 nitrogen and oxygen atoms in total. The minimum atomic E-state index is -0.359. The van der Waals surface area contributed by atoms with E-state index in [-0.39, 0.29) is 5.82 Å². The summed E-state index contributed by atoms with van der Waals surface area (Å²) in [6.45, 7) is 1.82. The third-order valence-electron chi connectivity index (χ3n) is 2.27. The summed E-state index contributed by atoms with van der Waals surface area (Å²) in [6.07, 6.45) is 2.77. The van der Waals surface area contributed by atoms with Gasteiger partial charge in [0.1, 0.15) is 5.82 Å². The van der Waals surface area contributed by atoms with Crippen molar-refractivity contribution in [2.45, 2.75) is 11.8 Å². The highest BCUT2D eigenvalue weighted by molar-refractivity contribution is 7.80. The normalized spacial score (nSPS) is 11.6. The molecule has 2 aromatic rings. The van der Waals surface area contributed by atoms with Crippen molar-refractivity contribution in [3.05, 3.63) is 54.1 Å². The maximum atomic E-state index is 13.0. The SMILES string of the molecule is CC(=Nc1ccc(S)cc1)c1cncc(F)c1. The lowest BCUT2D eigenvalue weighted by Crippen LogP contribution is -1.95. The zero-order valence-electron chi connectivity index (χ0n) is 9.26. The summed E-state index contributed by atoms with van der Waals surface area (Å²) in [4.78, 5) is 9.06. The molecule has 0 aliphatic rings. The molecular weight excluding hydrogens is 235 g/mol. The lowest BCUT2D eigenvalue weighted by molar-refractivity contribution is 0.621. The van der Waals surface area contributed by atoms with E-state index >= 15 is 0 Å². The van der Waals surface area contributed by atoms with Crippen LogP contribution in [0, 0.1) is 5.82 Å². The fraction of sp³-hybridized carbons (Fsp3) is 0.0769. The third kappa shape index (κ3) is 3.14. The van der Waals surface area contributed by atoms with Crippen molar-refractivity contribution in [3.8, 4) is 0 Å². The molecule has 0 amide bonds. The van der Waals surface area contributed by atoms with Gasteiger partial charge < -0.3 is 0 Å². The lowest BCUT2D eigenvalue weighted by Gasteiger charge is -2.01. The molecule has 0 bridgehead atoms. The summed E-state index contributed by atoms with van der Waals surface area (Å²) < 4.78 is 13.0. The van der Waals surface area contributed by atoms with Crippen LogP contribution in [0.4, 0.5) is 10.1 Å². The van der Waals surface area contributed by atoms with Crippen LogP contribution in [0.3, 0.4) is 0 Å². The predicted molar refractivity (Wildman–Crippen MR) is 69.8 cm³/mol. The Bertz CT molecular complexity index is 550. The third-order valence-corrected chi connectivity index (χ3v) is 2.57. The molecule has 0 N–H and O–H groups in total. The number of aromatic nitrogens is 1. The number of nitrogens with zero attached hydrogens (tertiary/aromatic N) is 2. The quantitative estimate of drug-likeness (QED) is 0.635. The Morgan fingerprint density at radius 1 is 1.24 bits per heavy atom. The van der Waals surface area contributed by atoms with Gasteiger partial charge in [-0.2, -0.15) is 0 Å². The van der Waals surface area contributed by atoms with Crippen LogP contribution >= 0.6 is 12.6 Å². The van der Waals surface area contributed by atoms with Crippen molar-refractivity contribution in [1.29, 1.82) is 0 Å². The molecule has 0 saturated heterocycles. The number of aliphatic imine (C=N–C) groups is 1. The van der Waals surface area contributed by atoms with E-state index < -0.39 is 0 Å². The van der Waals surface area contributed by atoms with Gasteiger partial charge in [-0.05, 0) is 37.3 Å². The molecule has 4 heteroatoms. The van der Waals surface area contributed by atoms with Gasteiger partial charge in [0.25, 0.3) is 0 Å². The first-order valence-electron chi connectivity index (χ1n) is 5.10. The molecule has 0 radical (unpaired) electrons. The second kappa shape index (κ2) is 5.10. The number of pyridine rings is 1. The maximum absolute atomic E-state index is 13.0. The Balaban J connectivity index is 2.30. The van der Waals surface area contributed by atoms with Crippen LogP contribution < -0.4 is 0 Å². The average molecular weight is 246 g/mol. The average Bonchev–Trinajstić information content (AvgIpc) is 2.32. The molecule has 1 heterocycles. The number of halogens is 1. The fourth-order valence-corrected chi connectivity index (χ4v) is 1.54. The van der Waals surface area contributed by atoms with Gasteiger partial charge in [0.2, 0.25) is 0 Å². The van der Waals surface area contributed by atoms with Gasteiger partial charge in [0, 0.05) is 22.4 Å². The second-order valence-corrected chi connectivity index (χ2v) is 4.12. The molecular formula is C13H11FN2S. The first-order chi connectivity index (χ1) is 8.15. The van der Waals surface area contributed by atoms with E-state index in [9.17, 15) is 4.39 Å². The predicted octanol–water partition coefficient (Wildman–Crippen LogP) is 3.65. The molecule has 0 aliphatic heterocycles. The van der Waals surface area contributed by atoms with Crippen molar-refractivity contribution < 1.29 is 4.39 Å². The summed E-state index contributed by atoms with van der Waals surface area (Å²) in [5.74, 6) is -0.359. The Hall–Kier alpha value is -1.68. The van der Waals surface area contributed by atoms with Gasteiger partial charge in [-0.25, -0.2) is 4.39 Å². The zero-order valence-corrected chi connectivity index (χ0v) is 10.2. The first-order valence-corrected chi connectivity index (χ1v) is 5.55. The van der Waals surface area contributed by atoms with Crippen molar-refractivity contribution in [2.75, 3.05) is 0 Å². The second-order valence-electron chi connectivity index (χ2n) is 3.61. The van der Waals surface area contributed by atoms with Crippen molar-refractivity contribution in [2.24, 2.45) is 4.99 Å². The molecule has 0 aliphatic carbocycles. The number of hydrogen-bond donors (Lipinski definition) is 1. The summed E-state index contributed by atoms with van der Waals surface area (Å²) in [5, 5.41) is 0. The van der Waals surface area contributed by atoms with Gasteiger partial charge in [-0.1, -0.05) is 0 Å². The van der Waals surface area contributed by atoms with Crippen LogP contribution in [-0.4, -0.2) is 10.7 Å². The molecule has 17 heavy (non-hydrogen) atoms. The summed E-state index contributed by atoms with van der Waals surface area (Å²) >= 11 is 4.20. The highest BCUT2D eigenvalue weighted by Gasteiger charge is 2.00. The summed E-state index contributed by atoms with van der Waals surface area (Å²) in [6, 6.07) is 8.86. The molecule has 1 aromatic carbocycles. The number of rotatable bonds is 2. The Morgan fingerprint density at radius 2 is 1.94 bits per heavy atom. The smallest absolute Gasteiger partial charge is 0.142 e. The van der Waals surface area contributed by atoms with E-state index in [2.05, 4.69) is 22.6 Å². The first kappa shape index (κ1) is 11.8. The van der Waals surface area contributed by atoms with Gasteiger partial charge in [-0.3, -0.25) is 9.98 Å². The standard InChI is InChI=1S/C13H11FN2S/c1-9(10-6-11(14)8-15-7-10)16-12-2-4-13(17)5-3-12/h2-8,17H,1H3. The summed E-state index contributed by atoms with van der Waals surface area (Å²) in [7, 11) is 0. The van der Waals surface area contributed by atoms with Gasteiger partial charge in [-0.15, -0.1) is 12.6 Å².